The zero-order valence-electron chi connectivity index (χ0n) is 16.9. The average Bonchev–Trinajstić information content (AvgIpc) is 3.16. The fourth-order valence-corrected chi connectivity index (χ4v) is 4.91. The van der Waals surface area contributed by atoms with Crippen LogP contribution in [0.3, 0.4) is 0 Å². The van der Waals surface area contributed by atoms with Crippen molar-refractivity contribution in [1.82, 2.24) is 25.7 Å². The first-order chi connectivity index (χ1) is 14.1. The molecule has 2 aliphatic heterocycles. The fraction of sp³-hybridized carbons (Fsp3) is 0.500. The number of nitrogens with one attached hydrogen (secondary N) is 3. The van der Waals surface area contributed by atoms with Crippen LogP contribution in [-0.4, -0.2) is 51.3 Å². The lowest BCUT2D eigenvalue weighted by Gasteiger charge is -2.35. The Morgan fingerprint density at radius 1 is 1.28 bits per heavy atom. The van der Waals surface area contributed by atoms with E-state index in [1.165, 1.54) is 16.8 Å². The molecule has 3 heterocycles. The summed E-state index contributed by atoms with van der Waals surface area (Å²) < 4.78 is 0. The number of likely N-dealkylation sites (tertiary alicyclic amines) is 1. The topological polar surface area (TPSA) is 73.0 Å². The average molecular weight is 412 g/mol. The van der Waals surface area contributed by atoms with Gasteiger partial charge in [-0.25, -0.2) is 0 Å². The van der Waals surface area contributed by atoms with Crippen molar-refractivity contribution in [3.8, 4) is 0 Å². The Balaban J connectivity index is 1.39. The second-order valence-corrected chi connectivity index (χ2v) is 8.71. The van der Waals surface area contributed by atoms with Gasteiger partial charge in [0.15, 0.2) is 5.11 Å². The van der Waals surface area contributed by atoms with Crippen LogP contribution in [0.15, 0.2) is 36.5 Å². The maximum absolute atomic E-state index is 13.0. The summed E-state index contributed by atoms with van der Waals surface area (Å²) in [7, 11) is 0. The fourth-order valence-electron chi connectivity index (χ4n) is 4.54. The Hall–Kier alpha value is -2.41. The molecule has 6 nitrogen and oxygen atoms in total. The summed E-state index contributed by atoms with van der Waals surface area (Å²) in [6, 6.07) is 10.9. The minimum Gasteiger partial charge on any atom is -0.360 e. The molecule has 7 heteroatoms. The maximum atomic E-state index is 13.0. The smallest absolute Gasteiger partial charge is 0.224 e. The van der Waals surface area contributed by atoms with Gasteiger partial charge >= 0.3 is 0 Å². The highest BCUT2D eigenvalue weighted by molar-refractivity contribution is 7.80. The van der Waals surface area contributed by atoms with E-state index in [1.807, 2.05) is 17.2 Å². The van der Waals surface area contributed by atoms with Crippen LogP contribution in [0, 0.1) is 0 Å². The molecule has 1 unspecified atom stereocenters. The molecule has 2 saturated heterocycles. The molecule has 4 rings (SSSR count). The van der Waals surface area contributed by atoms with E-state index < -0.39 is 0 Å². The molecule has 0 saturated carbocycles. The van der Waals surface area contributed by atoms with Crippen LogP contribution in [0.1, 0.15) is 55.3 Å². The second kappa shape index (κ2) is 8.95. The summed E-state index contributed by atoms with van der Waals surface area (Å²) in [5.74, 6) is 0.531. The second-order valence-electron chi connectivity index (χ2n) is 8.31. The molecule has 1 amide bonds. The Labute approximate surface area is 177 Å². The number of nitrogens with zero attached hydrogens (tertiary/aromatic N) is 2. The van der Waals surface area contributed by atoms with Gasteiger partial charge in [-0.05, 0) is 49.5 Å². The molecule has 2 aromatic rings. The molecule has 0 bridgehead atoms. The number of H-pyrrole nitrogens is 1. The van der Waals surface area contributed by atoms with Crippen LogP contribution in [-0.2, 0) is 11.2 Å². The van der Waals surface area contributed by atoms with Gasteiger partial charge in [0.05, 0.1) is 6.20 Å². The number of rotatable bonds is 5. The van der Waals surface area contributed by atoms with Crippen LogP contribution in [0.25, 0.3) is 0 Å². The van der Waals surface area contributed by atoms with Gasteiger partial charge in [0, 0.05) is 49.6 Å². The summed E-state index contributed by atoms with van der Waals surface area (Å²) in [5.41, 5.74) is 3.69. The minimum atomic E-state index is 0.118. The number of carbonyl (C=O) groups is 1. The zero-order chi connectivity index (χ0) is 20.2. The van der Waals surface area contributed by atoms with E-state index in [-0.39, 0.29) is 11.9 Å². The van der Waals surface area contributed by atoms with E-state index in [0.717, 1.165) is 38.8 Å². The third-order valence-electron chi connectivity index (χ3n) is 5.94. The van der Waals surface area contributed by atoms with Gasteiger partial charge in [0.2, 0.25) is 5.91 Å². The summed E-state index contributed by atoms with van der Waals surface area (Å²) in [4.78, 5) is 15.0. The van der Waals surface area contributed by atoms with Crippen molar-refractivity contribution >= 4 is 23.2 Å². The van der Waals surface area contributed by atoms with Gasteiger partial charge < -0.3 is 15.5 Å². The monoisotopic (exact) mass is 411 g/mol. The molecular weight excluding hydrogens is 382 g/mol. The number of aromatic amines is 1. The molecule has 154 valence electrons. The van der Waals surface area contributed by atoms with Crippen molar-refractivity contribution in [2.24, 2.45) is 0 Å². The van der Waals surface area contributed by atoms with Crippen molar-refractivity contribution < 1.29 is 4.79 Å². The predicted octanol–water partition coefficient (Wildman–Crippen LogP) is 2.72. The summed E-state index contributed by atoms with van der Waals surface area (Å²) in [5, 5.41) is 14.6. The lowest BCUT2D eigenvalue weighted by molar-refractivity contribution is -0.133. The highest BCUT2D eigenvalue weighted by Gasteiger charge is 2.30. The van der Waals surface area contributed by atoms with Crippen LogP contribution in [0.2, 0.25) is 0 Å². The molecule has 3 N–H and O–H groups in total. The van der Waals surface area contributed by atoms with Crippen LogP contribution >= 0.6 is 12.2 Å². The molecule has 0 aliphatic carbocycles. The number of piperidine rings is 1. The Morgan fingerprint density at radius 3 is 2.90 bits per heavy atom. The van der Waals surface area contributed by atoms with E-state index in [4.69, 9.17) is 12.2 Å². The van der Waals surface area contributed by atoms with E-state index >= 15 is 0 Å². The standard InChI is InChI=1S/C22H29N5OS/c1-15-10-19(25-22(29)24-15)12-20(28)27-9-5-8-17(14-27)21-18(13-23-26-21)11-16-6-3-2-4-7-16/h2-4,6-7,13,15,17,19H,5,8-12,14H2,1H3,(H,23,26)(H2,24,25,29)/t15-,17?,19+/m1/s1. The van der Waals surface area contributed by atoms with E-state index in [1.54, 1.807) is 0 Å². The number of hydrogen-bond donors (Lipinski definition) is 3. The molecule has 0 radical (unpaired) electrons. The first-order valence-corrected chi connectivity index (χ1v) is 10.9. The first kappa shape index (κ1) is 19.9. The summed E-state index contributed by atoms with van der Waals surface area (Å²) in [6.45, 7) is 3.70. The largest absolute Gasteiger partial charge is 0.360 e. The van der Waals surface area contributed by atoms with Crippen LogP contribution in [0.5, 0.6) is 0 Å². The number of hydrogen-bond acceptors (Lipinski definition) is 3. The van der Waals surface area contributed by atoms with Gasteiger partial charge in [0.25, 0.3) is 0 Å². The number of thiocarbonyl (C=S) groups is 1. The van der Waals surface area contributed by atoms with Crippen molar-refractivity contribution in [3.63, 3.8) is 0 Å². The van der Waals surface area contributed by atoms with Crippen molar-refractivity contribution in [3.05, 3.63) is 53.3 Å². The third-order valence-corrected chi connectivity index (χ3v) is 6.18. The molecule has 2 aliphatic rings. The zero-order valence-corrected chi connectivity index (χ0v) is 17.7. The predicted molar refractivity (Wildman–Crippen MR) is 118 cm³/mol. The third kappa shape index (κ3) is 4.96. The van der Waals surface area contributed by atoms with Crippen LogP contribution < -0.4 is 10.6 Å². The Morgan fingerprint density at radius 2 is 2.10 bits per heavy atom. The highest BCUT2D eigenvalue weighted by Crippen LogP contribution is 2.29. The molecule has 0 spiro atoms. The Kier molecular flexibility index (Phi) is 6.13. The van der Waals surface area contributed by atoms with E-state index in [2.05, 4.69) is 52.0 Å². The van der Waals surface area contributed by atoms with E-state index in [9.17, 15) is 4.79 Å². The Bertz CT molecular complexity index is 852. The number of amides is 1. The number of carbonyl (C=O) groups excluding carboxylic acids is 1. The van der Waals surface area contributed by atoms with Gasteiger partial charge in [-0.3, -0.25) is 9.89 Å². The molecule has 3 atom stereocenters. The number of aromatic nitrogens is 2. The normalized spacial score (nSPS) is 24.7. The summed E-state index contributed by atoms with van der Waals surface area (Å²) >= 11 is 5.25. The van der Waals surface area contributed by atoms with Crippen molar-refractivity contribution in [2.75, 3.05) is 13.1 Å². The van der Waals surface area contributed by atoms with Gasteiger partial charge in [-0.1, -0.05) is 30.3 Å². The number of benzene rings is 1. The SMILES string of the molecule is C[C@@H]1C[C@@H](CC(=O)N2CCCC(c3[nH]ncc3Cc3ccccc3)C2)NC(=S)N1. The van der Waals surface area contributed by atoms with Crippen LogP contribution in [0.4, 0.5) is 0 Å². The van der Waals surface area contributed by atoms with Gasteiger partial charge in [-0.2, -0.15) is 5.10 Å². The summed E-state index contributed by atoms with van der Waals surface area (Å²) in [6.07, 6.45) is 6.31. The first-order valence-electron chi connectivity index (χ1n) is 10.5. The molecule has 1 aromatic heterocycles. The minimum absolute atomic E-state index is 0.118. The van der Waals surface area contributed by atoms with Gasteiger partial charge in [0.1, 0.15) is 0 Å². The molecule has 1 aromatic carbocycles. The highest BCUT2D eigenvalue weighted by atomic mass is 32.1. The lowest BCUT2D eigenvalue weighted by Crippen LogP contribution is -2.54. The molecule has 2 fully saturated rings. The molecule has 29 heavy (non-hydrogen) atoms. The molecular formula is C22H29N5OS. The van der Waals surface area contributed by atoms with Crippen molar-refractivity contribution in [2.45, 2.75) is 57.0 Å². The quantitative estimate of drug-likeness (QED) is 0.660. The van der Waals surface area contributed by atoms with Gasteiger partial charge in [-0.15, -0.1) is 0 Å². The van der Waals surface area contributed by atoms with E-state index in [0.29, 0.717) is 23.5 Å². The van der Waals surface area contributed by atoms with Crippen molar-refractivity contribution in [1.29, 1.82) is 0 Å². The maximum Gasteiger partial charge on any atom is 0.224 e. The lowest BCUT2D eigenvalue weighted by atomic mass is 9.90.